The van der Waals surface area contributed by atoms with E-state index < -0.39 is 12.3 Å². The van der Waals surface area contributed by atoms with E-state index in [9.17, 15) is 13.2 Å². The third-order valence-electron chi connectivity index (χ3n) is 2.70. The van der Waals surface area contributed by atoms with Crippen LogP contribution in [0.1, 0.15) is 11.7 Å². The van der Waals surface area contributed by atoms with Gasteiger partial charge in [-0.2, -0.15) is 13.2 Å². The summed E-state index contributed by atoms with van der Waals surface area (Å²) in [5, 5.41) is 10.5. The first-order chi connectivity index (χ1) is 8.41. The van der Waals surface area contributed by atoms with Crippen LogP contribution >= 0.6 is 0 Å². The highest BCUT2D eigenvalue weighted by molar-refractivity contribution is 5.84. The fourth-order valence-electron chi connectivity index (χ4n) is 1.73. The molecule has 2 nitrogen and oxygen atoms in total. The molecule has 0 unspecified atom stereocenters. The molecule has 0 aliphatic heterocycles. The molecule has 0 fully saturated rings. The van der Waals surface area contributed by atoms with Gasteiger partial charge in [0.2, 0.25) is 0 Å². The zero-order chi connectivity index (χ0) is 13.3. The van der Waals surface area contributed by atoms with Crippen molar-refractivity contribution in [3.05, 3.63) is 42.0 Å². The van der Waals surface area contributed by atoms with E-state index in [4.69, 9.17) is 9.84 Å². The zero-order valence-electron chi connectivity index (χ0n) is 9.53. The van der Waals surface area contributed by atoms with E-state index >= 15 is 0 Å². The maximum absolute atomic E-state index is 12.4. The van der Waals surface area contributed by atoms with Crippen LogP contribution in [0.2, 0.25) is 0 Å². The highest BCUT2D eigenvalue weighted by atomic mass is 19.4. The first-order valence-corrected chi connectivity index (χ1v) is 5.24. The van der Waals surface area contributed by atoms with Crippen molar-refractivity contribution in [3.63, 3.8) is 0 Å². The van der Waals surface area contributed by atoms with Crippen LogP contribution in [0.5, 0.6) is 5.75 Å². The lowest BCUT2D eigenvalue weighted by molar-refractivity contribution is -0.206. The highest BCUT2D eigenvalue weighted by Crippen LogP contribution is 2.34. The lowest BCUT2D eigenvalue weighted by Crippen LogP contribution is -2.20. The number of hydrogen-bond acceptors (Lipinski definition) is 2. The molecule has 0 radical (unpaired) electrons. The summed E-state index contributed by atoms with van der Waals surface area (Å²) in [4.78, 5) is 0. The van der Waals surface area contributed by atoms with Gasteiger partial charge in [0.15, 0.2) is 6.10 Å². The Morgan fingerprint density at radius 1 is 1.06 bits per heavy atom. The molecule has 18 heavy (non-hydrogen) atoms. The maximum atomic E-state index is 12.4. The molecule has 0 heterocycles. The smallest absolute Gasteiger partial charge is 0.418 e. The summed E-state index contributed by atoms with van der Waals surface area (Å²) in [6.45, 7) is 0. The van der Waals surface area contributed by atoms with Crippen LogP contribution in [-0.2, 0) is 0 Å². The minimum Gasteiger partial charge on any atom is -0.497 e. The number of alkyl halides is 3. The topological polar surface area (TPSA) is 29.5 Å². The second-order valence-electron chi connectivity index (χ2n) is 3.92. The number of hydrogen-bond donors (Lipinski definition) is 1. The van der Waals surface area contributed by atoms with Crippen molar-refractivity contribution in [2.45, 2.75) is 12.3 Å². The number of methoxy groups -OCH3 is 1. The van der Waals surface area contributed by atoms with Crippen LogP contribution < -0.4 is 4.74 Å². The molecule has 1 N–H and O–H groups in total. The van der Waals surface area contributed by atoms with Gasteiger partial charge in [-0.05, 0) is 34.5 Å². The molecule has 5 heteroatoms. The summed E-state index contributed by atoms with van der Waals surface area (Å²) < 4.78 is 42.2. The van der Waals surface area contributed by atoms with E-state index in [1.807, 2.05) is 0 Å². The Morgan fingerprint density at radius 3 is 2.28 bits per heavy atom. The van der Waals surface area contributed by atoms with Crippen LogP contribution in [0.25, 0.3) is 10.8 Å². The van der Waals surface area contributed by atoms with Gasteiger partial charge in [-0.1, -0.05) is 18.2 Å². The van der Waals surface area contributed by atoms with E-state index in [0.717, 1.165) is 5.39 Å². The Balaban J connectivity index is 2.45. The predicted molar refractivity (Wildman–Crippen MR) is 61.5 cm³/mol. The molecule has 2 aromatic carbocycles. The van der Waals surface area contributed by atoms with Gasteiger partial charge in [0.05, 0.1) is 7.11 Å². The first-order valence-electron chi connectivity index (χ1n) is 5.24. The summed E-state index contributed by atoms with van der Waals surface area (Å²) in [6.07, 6.45) is -7.11. The van der Waals surface area contributed by atoms with Gasteiger partial charge in [0.1, 0.15) is 5.75 Å². The highest BCUT2D eigenvalue weighted by Gasteiger charge is 2.39. The number of halogens is 3. The SMILES string of the molecule is COc1ccc2cc([C@@H](O)C(F)(F)F)ccc2c1. The summed E-state index contributed by atoms with van der Waals surface area (Å²) >= 11 is 0. The third kappa shape index (κ3) is 2.41. The second kappa shape index (κ2) is 4.49. The predicted octanol–water partition coefficient (Wildman–Crippen LogP) is 3.44. The molecule has 0 spiro atoms. The number of benzene rings is 2. The largest absolute Gasteiger partial charge is 0.497 e. The Kier molecular flexibility index (Phi) is 3.17. The molecule has 1 atom stereocenters. The summed E-state index contributed by atoms with van der Waals surface area (Å²) in [7, 11) is 1.52. The average molecular weight is 256 g/mol. The Bertz CT molecular complexity index is 564. The molecule has 0 aliphatic rings. The minimum absolute atomic E-state index is 0.167. The van der Waals surface area contributed by atoms with Gasteiger partial charge in [-0.15, -0.1) is 0 Å². The first kappa shape index (κ1) is 12.7. The average Bonchev–Trinajstić information content (AvgIpc) is 2.35. The van der Waals surface area contributed by atoms with Crippen molar-refractivity contribution < 1.29 is 23.0 Å². The molecule has 2 aromatic rings. The van der Waals surface area contributed by atoms with Crippen LogP contribution in [-0.4, -0.2) is 18.4 Å². The molecule has 0 saturated heterocycles. The van der Waals surface area contributed by atoms with Crippen LogP contribution in [0.3, 0.4) is 0 Å². The van der Waals surface area contributed by atoms with Crippen molar-refractivity contribution in [3.8, 4) is 5.75 Å². The summed E-state index contributed by atoms with van der Waals surface area (Å²) in [5.41, 5.74) is -0.167. The molecule has 0 aliphatic carbocycles. The van der Waals surface area contributed by atoms with Gasteiger partial charge in [-0.25, -0.2) is 0 Å². The van der Waals surface area contributed by atoms with Crippen molar-refractivity contribution in [1.29, 1.82) is 0 Å². The number of rotatable bonds is 2. The number of aliphatic hydroxyl groups excluding tert-OH is 1. The minimum atomic E-state index is -4.65. The van der Waals surface area contributed by atoms with E-state index in [2.05, 4.69) is 0 Å². The maximum Gasteiger partial charge on any atom is 0.418 e. The zero-order valence-corrected chi connectivity index (χ0v) is 9.53. The van der Waals surface area contributed by atoms with Gasteiger partial charge in [-0.3, -0.25) is 0 Å². The quantitative estimate of drug-likeness (QED) is 0.891. The standard InChI is InChI=1S/C13H11F3O2/c1-18-11-5-4-8-6-10(3-2-9(8)7-11)12(17)13(14,15)16/h2-7,12,17H,1H3/t12-/m1/s1. The molecular weight excluding hydrogens is 245 g/mol. The molecular formula is C13H11F3O2. The second-order valence-corrected chi connectivity index (χ2v) is 3.92. The lowest BCUT2D eigenvalue weighted by Gasteiger charge is -2.15. The monoisotopic (exact) mass is 256 g/mol. The van der Waals surface area contributed by atoms with Crippen LogP contribution in [0, 0.1) is 0 Å². The van der Waals surface area contributed by atoms with Crippen molar-refractivity contribution in [1.82, 2.24) is 0 Å². The van der Waals surface area contributed by atoms with Gasteiger partial charge < -0.3 is 9.84 Å². The van der Waals surface area contributed by atoms with Gasteiger partial charge in [0.25, 0.3) is 0 Å². The molecule has 0 aromatic heterocycles. The third-order valence-corrected chi connectivity index (χ3v) is 2.70. The lowest BCUT2D eigenvalue weighted by atomic mass is 10.0. The molecule has 0 amide bonds. The van der Waals surface area contributed by atoms with Crippen molar-refractivity contribution >= 4 is 10.8 Å². The van der Waals surface area contributed by atoms with E-state index in [0.29, 0.717) is 11.1 Å². The van der Waals surface area contributed by atoms with Crippen LogP contribution in [0.15, 0.2) is 36.4 Å². The number of fused-ring (bicyclic) bond motifs is 1. The van der Waals surface area contributed by atoms with Gasteiger partial charge in [0, 0.05) is 0 Å². The number of aliphatic hydroxyl groups is 1. The fraction of sp³-hybridized carbons (Fsp3) is 0.231. The molecule has 0 bridgehead atoms. The fourth-order valence-corrected chi connectivity index (χ4v) is 1.73. The summed E-state index contributed by atoms with van der Waals surface area (Å²) in [6, 6.07) is 9.15. The Morgan fingerprint density at radius 2 is 1.67 bits per heavy atom. The van der Waals surface area contributed by atoms with E-state index in [-0.39, 0.29) is 5.56 Å². The Hall–Kier alpha value is -1.75. The van der Waals surface area contributed by atoms with Crippen LogP contribution in [0.4, 0.5) is 13.2 Å². The van der Waals surface area contributed by atoms with E-state index in [1.165, 1.54) is 25.3 Å². The molecule has 2 rings (SSSR count). The molecule has 96 valence electrons. The summed E-state index contributed by atoms with van der Waals surface area (Å²) in [5.74, 6) is 0.631. The number of ether oxygens (including phenoxy) is 1. The van der Waals surface area contributed by atoms with E-state index in [1.54, 1.807) is 18.2 Å². The normalized spacial score (nSPS) is 13.6. The van der Waals surface area contributed by atoms with Crippen molar-refractivity contribution in [2.24, 2.45) is 0 Å². The Labute approximate surface area is 102 Å². The van der Waals surface area contributed by atoms with Crippen molar-refractivity contribution in [2.75, 3.05) is 7.11 Å². The molecule has 0 saturated carbocycles. The van der Waals surface area contributed by atoms with Gasteiger partial charge >= 0.3 is 6.18 Å².